The van der Waals surface area contributed by atoms with Crippen molar-refractivity contribution in [1.29, 1.82) is 0 Å². The van der Waals surface area contributed by atoms with Gasteiger partial charge in [-0.3, -0.25) is 33.6 Å². The minimum absolute atomic E-state index is 0.442. The first-order chi connectivity index (χ1) is 20.5. The fourth-order valence-electron chi connectivity index (χ4n) is 4.50. The number of ether oxygens (including phenoxy) is 9. The minimum atomic E-state index is -1.66. The summed E-state index contributed by atoms with van der Waals surface area (Å²) in [5.41, 5.74) is 0. The molecule has 0 saturated carbocycles. The second-order valence-corrected chi connectivity index (χ2v) is 11.2. The summed E-state index contributed by atoms with van der Waals surface area (Å²) in [5, 5.41) is 2.59. The van der Waals surface area contributed by atoms with E-state index in [2.05, 4.69) is 5.32 Å². The molecule has 1 N–H and O–H groups in total. The van der Waals surface area contributed by atoms with E-state index in [-0.39, 0.29) is 0 Å². The van der Waals surface area contributed by atoms with Crippen molar-refractivity contribution in [3.8, 4) is 0 Å². The van der Waals surface area contributed by atoms with E-state index in [4.69, 9.17) is 42.6 Å². The summed E-state index contributed by atoms with van der Waals surface area (Å²) >= 11 is 1.88. The SMILES string of the molecule is CC(=O)N[C@H]1O[C@H](COC(C)=O)[C@@H](O[C@H]2O[C@H](COC(C)=O)[C@@H](OC(C)=O)[C@H](OC(C)=O)[C@H]2OC(C)=O)[C@H](OC(C)=O)[C@@H]1I. The number of esters is 6. The second-order valence-electron chi connectivity index (χ2n) is 9.79. The summed E-state index contributed by atoms with van der Waals surface area (Å²) in [6, 6.07) is 0. The normalized spacial score (nSPS) is 31.5. The van der Waals surface area contributed by atoms with Gasteiger partial charge in [0.15, 0.2) is 24.6 Å². The van der Waals surface area contributed by atoms with Gasteiger partial charge in [0, 0.05) is 48.5 Å². The Hall–Kier alpha value is -3.10. The first-order valence-corrected chi connectivity index (χ1v) is 14.6. The molecule has 0 bridgehead atoms. The average molecular weight is 745 g/mol. The summed E-state index contributed by atoms with van der Waals surface area (Å²) < 4.78 is 49.5. The number of rotatable bonds is 11. The zero-order valence-electron chi connectivity index (χ0n) is 25.1. The maximum Gasteiger partial charge on any atom is 0.303 e. The van der Waals surface area contributed by atoms with Crippen molar-refractivity contribution in [3.63, 3.8) is 0 Å². The topological polar surface area (TPSA) is 215 Å². The van der Waals surface area contributed by atoms with E-state index in [0.717, 1.165) is 41.5 Å². The highest BCUT2D eigenvalue weighted by atomic mass is 127. The molecule has 2 saturated heterocycles. The van der Waals surface area contributed by atoms with Gasteiger partial charge in [0.1, 0.15) is 43.9 Å². The minimum Gasteiger partial charge on any atom is -0.463 e. The molecule has 2 aliphatic heterocycles. The van der Waals surface area contributed by atoms with Crippen LogP contribution in [0.25, 0.3) is 0 Å². The number of carbonyl (C=O) groups excluding carboxylic acids is 7. The van der Waals surface area contributed by atoms with Gasteiger partial charge in [-0.15, -0.1) is 0 Å². The summed E-state index contributed by atoms with van der Waals surface area (Å²) in [4.78, 5) is 83.8. The molecule has 0 aliphatic carbocycles. The molecule has 2 fully saturated rings. The summed E-state index contributed by atoms with van der Waals surface area (Å²) in [6.07, 6.45) is -12.3. The number of hydrogen-bond donors (Lipinski definition) is 1. The number of halogens is 1. The Morgan fingerprint density at radius 3 is 1.45 bits per heavy atom. The number of alkyl halides is 1. The van der Waals surface area contributed by atoms with Gasteiger partial charge < -0.3 is 47.9 Å². The van der Waals surface area contributed by atoms with E-state index >= 15 is 0 Å². The molecule has 0 unspecified atom stereocenters. The Bertz CT molecular complexity index is 1100. The van der Waals surface area contributed by atoms with Crippen LogP contribution in [0.3, 0.4) is 0 Å². The lowest BCUT2D eigenvalue weighted by molar-refractivity contribution is -0.336. The summed E-state index contributed by atoms with van der Waals surface area (Å²) in [5.74, 6) is -5.14. The van der Waals surface area contributed by atoms with Crippen LogP contribution in [0.1, 0.15) is 48.5 Å². The first-order valence-electron chi connectivity index (χ1n) is 13.3. The lowest BCUT2D eigenvalue weighted by Crippen LogP contribution is -2.67. The standard InChI is InChI=1S/C26H36INO16/c1-10(29)28-25-19(27)22(39-14(5)33)20(17(42-25)8-36-11(2)30)44-26-24(41-16(7)35)23(40-15(6)34)21(38-13(4)32)18(43-26)9-37-12(3)31/h17-26H,8-9H2,1-7H3,(H,28,29)/t17-,18-,19+,20-,21-,22-,23+,24-,25+,26-/m1/s1. The second kappa shape index (κ2) is 16.8. The van der Waals surface area contributed by atoms with Crippen molar-refractivity contribution in [2.45, 2.75) is 108 Å². The molecule has 0 aromatic rings. The molecule has 0 spiro atoms. The van der Waals surface area contributed by atoms with Crippen LogP contribution in [0.5, 0.6) is 0 Å². The van der Waals surface area contributed by atoms with Gasteiger partial charge in [-0.25, -0.2) is 0 Å². The highest BCUT2D eigenvalue weighted by molar-refractivity contribution is 14.1. The molecule has 18 heteroatoms. The van der Waals surface area contributed by atoms with Gasteiger partial charge in [0.05, 0.1) is 3.92 Å². The van der Waals surface area contributed by atoms with Gasteiger partial charge >= 0.3 is 35.8 Å². The Morgan fingerprint density at radius 2 is 1.00 bits per heavy atom. The zero-order chi connectivity index (χ0) is 33.3. The molecule has 17 nitrogen and oxygen atoms in total. The van der Waals surface area contributed by atoms with Crippen molar-refractivity contribution in [2.24, 2.45) is 0 Å². The molecule has 0 aromatic carbocycles. The third kappa shape index (κ3) is 11.1. The highest BCUT2D eigenvalue weighted by Crippen LogP contribution is 2.36. The molecular formula is C26H36INO16. The molecule has 1 amide bonds. The molecule has 2 aliphatic rings. The molecular weight excluding hydrogens is 709 g/mol. The van der Waals surface area contributed by atoms with E-state index in [1.807, 2.05) is 22.6 Å². The van der Waals surface area contributed by atoms with Gasteiger partial charge in [0.2, 0.25) is 5.91 Å². The van der Waals surface area contributed by atoms with Gasteiger partial charge in [-0.2, -0.15) is 0 Å². The van der Waals surface area contributed by atoms with Crippen LogP contribution in [-0.2, 0) is 76.2 Å². The van der Waals surface area contributed by atoms with Crippen molar-refractivity contribution in [1.82, 2.24) is 5.32 Å². The van der Waals surface area contributed by atoms with Crippen LogP contribution in [0, 0.1) is 0 Å². The first kappa shape index (κ1) is 37.1. The van der Waals surface area contributed by atoms with E-state index in [1.165, 1.54) is 6.92 Å². The monoisotopic (exact) mass is 745 g/mol. The zero-order valence-corrected chi connectivity index (χ0v) is 27.3. The third-order valence-electron chi connectivity index (χ3n) is 5.95. The Kier molecular flexibility index (Phi) is 14.2. The van der Waals surface area contributed by atoms with Crippen LogP contribution in [0.15, 0.2) is 0 Å². The van der Waals surface area contributed by atoms with Crippen LogP contribution in [0.4, 0.5) is 0 Å². The Labute approximate surface area is 266 Å². The predicted octanol–water partition coefficient (Wildman–Crippen LogP) is -0.386. The highest BCUT2D eigenvalue weighted by Gasteiger charge is 2.56. The lowest BCUT2D eigenvalue weighted by Gasteiger charge is -2.48. The largest absolute Gasteiger partial charge is 0.463 e. The van der Waals surface area contributed by atoms with Crippen LogP contribution in [0.2, 0.25) is 0 Å². The van der Waals surface area contributed by atoms with Crippen molar-refractivity contribution < 1.29 is 76.2 Å². The van der Waals surface area contributed by atoms with Gasteiger partial charge in [0.25, 0.3) is 0 Å². The fraction of sp³-hybridized carbons (Fsp3) is 0.731. The maximum absolute atomic E-state index is 12.2. The average Bonchev–Trinajstić information content (AvgIpc) is 2.87. The number of nitrogens with one attached hydrogen (secondary N) is 1. The molecule has 2 rings (SSSR count). The smallest absolute Gasteiger partial charge is 0.303 e. The van der Waals surface area contributed by atoms with Crippen molar-refractivity contribution in [2.75, 3.05) is 13.2 Å². The summed E-state index contributed by atoms with van der Waals surface area (Å²) in [7, 11) is 0. The quantitative estimate of drug-likeness (QED) is 0.123. The molecule has 10 atom stereocenters. The molecule has 0 radical (unpaired) electrons. The van der Waals surface area contributed by atoms with Crippen molar-refractivity contribution >= 4 is 64.3 Å². The number of carbonyl (C=O) groups is 7. The van der Waals surface area contributed by atoms with E-state index in [9.17, 15) is 33.6 Å². The van der Waals surface area contributed by atoms with E-state index in [1.54, 1.807) is 0 Å². The van der Waals surface area contributed by atoms with Crippen LogP contribution >= 0.6 is 22.6 Å². The molecule has 44 heavy (non-hydrogen) atoms. The fourth-order valence-corrected chi connectivity index (χ4v) is 5.40. The Morgan fingerprint density at radius 1 is 0.568 bits per heavy atom. The van der Waals surface area contributed by atoms with Crippen LogP contribution in [-0.4, -0.2) is 114 Å². The van der Waals surface area contributed by atoms with Gasteiger partial charge in [-0.1, -0.05) is 22.6 Å². The summed E-state index contributed by atoms with van der Waals surface area (Å²) in [6.45, 7) is 6.89. The molecule has 2 heterocycles. The van der Waals surface area contributed by atoms with Crippen LogP contribution < -0.4 is 5.32 Å². The lowest BCUT2D eigenvalue weighted by atomic mass is 9.96. The van der Waals surface area contributed by atoms with Crippen molar-refractivity contribution in [3.05, 3.63) is 0 Å². The Balaban J connectivity index is 2.63. The third-order valence-corrected chi connectivity index (χ3v) is 7.31. The van der Waals surface area contributed by atoms with Gasteiger partial charge in [-0.05, 0) is 0 Å². The number of hydrogen-bond acceptors (Lipinski definition) is 16. The van der Waals surface area contributed by atoms with E-state index < -0.39 is 114 Å². The van der Waals surface area contributed by atoms with E-state index in [0.29, 0.717) is 0 Å². The molecule has 0 aromatic heterocycles. The molecule has 248 valence electrons. The predicted molar refractivity (Wildman–Crippen MR) is 149 cm³/mol. The maximum atomic E-state index is 12.2. The number of amides is 1.